The summed E-state index contributed by atoms with van der Waals surface area (Å²) in [4.78, 5) is 7.65. The van der Waals surface area contributed by atoms with Crippen molar-refractivity contribution in [3.63, 3.8) is 0 Å². The minimum absolute atomic E-state index is 0.0149. The Balaban J connectivity index is 1.35. The van der Waals surface area contributed by atoms with Crippen molar-refractivity contribution in [1.82, 2.24) is 0 Å². The molecule has 0 aromatic heterocycles. The van der Waals surface area contributed by atoms with Crippen molar-refractivity contribution in [3.05, 3.63) is 203 Å². The van der Waals surface area contributed by atoms with E-state index < -0.39 is 0 Å². The number of hydrogen-bond donors (Lipinski definition) is 0. The van der Waals surface area contributed by atoms with Gasteiger partial charge in [0.05, 0.1) is 11.4 Å². The van der Waals surface area contributed by atoms with Crippen LogP contribution < -0.4 is 31.1 Å². The first kappa shape index (κ1) is 46.9. The summed E-state index contributed by atoms with van der Waals surface area (Å²) in [5.41, 5.74) is 24.5. The van der Waals surface area contributed by atoms with Gasteiger partial charge >= 0.3 is 0 Å². The Hall–Kier alpha value is -6.78. The first-order valence-electron chi connectivity index (χ1n) is 25.4. The highest BCUT2D eigenvalue weighted by Gasteiger charge is 2.45. The molecule has 3 nitrogen and oxygen atoms in total. The van der Waals surface area contributed by atoms with E-state index in [2.05, 4.69) is 281 Å². The molecule has 0 aliphatic carbocycles. The van der Waals surface area contributed by atoms with Crippen molar-refractivity contribution in [2.24, 2.45) is 0 Å². The molecule has 0 saturated heterocycles. The summed E-state index contributed by atoms with van der Waals surface area (Å²) in [6, 6.07) is 65.2. The average molecular weight is 916 g/mol. The molecule has 0 radical (unpaired) electrons. The van der Waals surface area contributed by atoms with Crippen LogP contribution in [0.3, 0.4) is 0 Å². The summed E-state index contributed by atoms with van der Waals surface area (Å²) in [6.45, 7) is 32.2. The highest BCUT2D eigenvalue weighted by Crippen LogP contribution is 2.50. The molecule has 10 rings (SSSR count). The summed E-state index contributed by atoms with van der Waals surface area (Å²) >= 11 is 0. The second-order valence-corrected chi connectivity index (χ2v) is 24.2. The molecule has 2 aliphatic heterocycles. The predicted octanol–water partition coefficient (Wildman–Crippen LogP) is 16.7. The Morgan fingerprint density at radius 1 is 0.371 bits per heavy atom. The van der Waals surface area contributed by atoms with Gasteiger partial charge in [-0.3, -0.25) is 0 Å². The third-order valence-corrected chi connectivity index (χ3v) is 14.7. The Morgan fingerprint density at radius 3 is 1.23 bits per heavy atom. The standard InChI is InChI=1S/C66H70BN3/c1-43-36-44(2)38-45(37-43)54-22-18-19-23-57(54)68(50-20-16-15-17-21-50)53-41-60-62-61(42-53)70(52-32-26-47(27-33-52)64(6,7)8)59-35-29-49(66(12,13)14)40-56(59)67(62)55-39-48(65(9,10)11)28-34-58(55)69(60)51-30-24-46(25-31-51)63(3,4)5/h15-42H,1-14H3. The fourth-order valence-corrected chi connectivity index (χ4v) is 10.9. The van der Waals surface area contributed by atoms with E-state index in [1.807, 2.05) is 0 Å². The summed E-state index contributed by atoms with van der Waals surface area (Å²) in [6.07, 6.45) is 0. The molecule has 0 bridgehead atoms. The molecule has 0 N–H and O–H groups in total. The van der Waals surface area contributed by atoms with Crippen LogP contribution in [-0.4, -0.2) is 6.71 Å². The Labute approximate surface area is 419 Å². The largest absolute Gasteiger partial charge is 0.311 e. The number of anilines is 9. The molecule has 0 amide bonds. The maximum atomic E-state index is 2.57. The normalized spacial score (nSPS) is 13.5. The molecule has 0 saturated carbocycles. The molecule has 2 heterocycles. The van der Waals surface area contributed by atoms with E-state index in [1.165, 1.54) is 83.6 Å². The summed E-state index contributed by atoms with van der Waals surface area (Å²) in [7, 11) is 0. The van der Waals surface area contributed by atoms with Crippen LogP contribution in [0, 0.1) is 13.8 Å². The first-order chi connectivity index (χ1) is 33.1. The van der Waals surface area contributed by atoms with Gasteiger partial charge in [0.15, 0.2) is 0 Å². The molecule has 2 aliphatic rings. The number of hydrogen-bond acceptors (Lipinski definition) is 3. The SMILES string of the molecule is Cc1cc(C)cc(-c2ccccc2N(c2ccccc2)c2cc3c4c(c2)N(c2ccc(C(C)(C)C)cc2)c2ccc(C(C)(C)C)cc2B4c2cc(C(C)(C)C)ccc2N3c2ccc(C(C)(C)C)cc2)c1. The molecular weight excluding hydrogens is 846 g/mol. The molecular formula is C66H70BN3. The van der Waals surface area contributed by atoms with Crippen LogP contribution in [0.5, 0.6) is 0 Å². The first-order valence-corrected chi connectivity index (χ1v) is 25.4. The zero-order valence-electron chi connectivity index (χ0n) is 44.1. The van der Waals surface area contributed by atoms with Crippen LogP contribution in [0.25, 0.3) is 11.1 Å². The summed E-state index contributed by atoms with van der Waals surface area (Å²) in [5, 5.41) is 0. The van der Waals surface area contributed by atoms with Gasteiger partial charge in [0, 0.05) is 45.4 Å². The summed E-state index contributed by atoms with van der Waals surface area (Å²) in [5.74, 6) is 0. The fourth-order valence-electron chi connectivity index (χ4n) is 10.9. The van der Waals surface area contributed by atoms with Gasteiger partial charge in [-0.05, 0) is 146 Å². The van der Waals surface area contributed by atoms with Crippen molar-refractivity contribution >= 4 is 74.3 Å². The Morgan fingerprint density at radius 2 is 0.786 bits per heavy atom. The Kier molecular flexibility index (Phi) is 11.4. The van der Waals surface area contributed by atoms with E-state index >= 15 is 0 Å². The van der Waals surface area contributed by atoms with Gasteiger partial charge < -0.3 is 14.7 Å². The second-order valence-electron chi connectivity index (χ2n) is 24.2. The van der Waals surface area contributed by atoms with Gasteiger partial charge in [0.25, 0.3) is 6.71 Å². The van der Waals surface area contributed by atoms with Crippen molar-refractivity contribution in [2.45, 2.75) is 119 Å². The van der Waals surface area contributed by atoms with Crippen LogP contribution in [0.2, 0.25) is 0 Å². The number of para-hydroxylation sites is 2. The minimum Gasteiger partial charge on any atom is -0.311 e. The lowest BCUT2D eigenvalue weighted by Gasteiger charge is -2.45. The van der Waals surface area contributed by atoms with Crippen LogP contribution in [0.4, 0.5) is 51.2 Å². The number of nitrogens with zero attached hydrogens (tertiary/aromatic N) is 3. The number of aryl methyl sites for hydroxylation is 2. The molecule has 70 heavy (non-hydrogen) atoms. The molecule has 8 aromatic carbocycles. The zero-order chi connectivity index (χ0) is 49.7. The maximum absolute atomic E-state index is 2.57. The van der Waals surface area contributed by atoms with Crippen LogP contribution >= 0.6 is 0 Å². The van der Waals surface area contributed by atoms with Crippen LogP contribution in [-0.2, 0) is 21.7 Å². The lowest BCUT2D eigenvalue weighted by molar-refractivity contribution is 0.590. The molecule has 0 fully saturated rings. The van der Waals surface area contributed by atoms with Gasteiger partial charge in [-0.2, -0.15) is 0 Å². The topological polar surface area (TPSA) is 9.72 Å². The van der Waals surface area contributed by atoms with E-state index in [0.29, 0.717) is 0 Å². The third-order valence-electron chi connectivity index (χ3n) is 14.7. The van der Waals surface area contributed by atoms with Gasteiger partial charge in [0.1, 0.15) is 0 Å². The van der Waals surface area contributed by atoms with Crippen molar-refractivity contribution < 1.29 is 0 Å². The van der Waals surface area contributed by atoms with E-state index in [-0.39, 0.29) is 28.4 Å². The van der Waals surface area contributed by atoms with Gasteiger partial charge in [-0.1, -0.05) is 197 Å². The maximum Gasteiger partial charge on any atom is 0.252 e. The fraction of sp³-hybridized carbons (Fsp3) is 0.273. The Bertz CT molecular complexity index is 3090. The van der Waals surface area contributed by atoms with Crippen molar-refractivity contribution in [1.29, 1.82) is 0 Å². The lowest BCUT2D eigenvalue weighted by atomic mass is 9.33. The molecule has 4 heteroatoms. The van der Waals surface area contributed by atoms with Gasteiger partial charge in [-0.15, -0.1) is 0 Å². The van der Waals surface area contributed by atoms with Crippen LogP contribution in [0.1, 0.15) is 116 Å². The molecule has 8 aromatic rings. The predicted molar refractivity (Wildman–Crippen MR) is 305 cm³/mol. The number of fused-ring (bicyclic) bond motifs is 4. The third kappa shape index (κ3) is 8.44. The molecule has 0 unspecified atom stereocenters. The quantitative estimate of drug-likeness (QED) is 0.154. The van der Waals surface area contributed by atoms with E-state index in [9.17, 15) is 0 Å². The highest BCUT2D eigenvalue weighted by atomic mass is 15.2. The zero-order valence-corrected chi connectivity index (χ0v) is 44.1. The number of rotatable bonds is 6. The average Bonchev–Trinajstić information content (AvgIpc) is 3.30. The number of benzene rings is 8. The van der Waals surface area contributed by atoms with E-state index in [1.54, 1.807) is 0 Å². The molecule has 352 valence electrons. The summed E-state index contributed by atoms with van der Waals surface area (Å²) < 4.78 is 0. The van der Waals surface area contributed by atoms with Gasteiger partial charge in [-0.25, -0.2) is 0 Å². The second kappa shape index (κ2) is 17.0. The van der Waals surface area contributed by atoms with E-state index in [0.717, 1.165) is 28.4 Å². The lowest BCUT2D eigenvalue weighted by Crippen LogP contribution is -2.61. The van der Waals surface area contributed by atoms with Crippen LogP contribution in [0.15, 0.2) is 170 Å². The minimum atomic E-state index is -0.0494. The van der Waals surface area contributed by atoms with Crippen molar-refractivity contribution in [2.75, 3.05) is 14.7 Å². The monoisotopic (exact) mass is 916 g/mol. The smallest absolute Gasteiger partial charge is 0.252 e. The van der Waals surface area contributed by atoms with E-state index in [4.69, 9.17) is 0 Å². The molecule has 0 spiro atoms. The highest BCUT2D eigenvalue weighted by molar-refractivity contribution is 7.00. The molecule has 0 atom stereocenters. The van der Waals surface area contributed by atoms with Crippen molar-refractivity contribution in [3.8, 4) is 11.1 Å². The van der Waals surface area contributed by atoms with Gasteiger partial charge in [0.2, 0.25) is 0 Å².